The molecule has 2 aliphatic rings. The van der Waals surface area contributed by atoms with Crippen LogP contribution in [0.3, 0.4) is 0 Å². The van der Waals surface area contributed by atoms with Gasteiger partial charge >= 0.3 is 0 Å². The minimum atomic E-state index is -3.62. The highest BCUT2D eigenvalue weighted by Crippen LogP contribution is 2.42. The number of carbonyl (C=O) groups excluding carboxylic acids is 1. The molecular formula is C26H34N2O4S. The molecule has 2 aromatic carbocycles. The number of fused-ring (bicyclic) bond motifs is 1. The van der Waals surface area contributed by atoms with Crippen LogP contribution in [0.2, 0.25) is 0 Å². The van der Waals surface area contributed by atoms with E-state index in [2.05, 4.69) is 19.2 Å². The Hall–Kier alpha value is -2.38. The zero-order valence-electron chi connectivity index (χ0n) is 19.7. The highest BCUT2D eigenvalue weighted by atomic mass is 32.2. The SMILES string of the molecule is CCC1(CC)C[C@H](NC(=O)[C@@H]2CCCN(S(=O)(=O)c3ccc(C)cc3)C2)c2ccccc2O1. The molecule has 178 valence electrons. The van der Waals surface area contributed by atoms with Crippen LogP contribution in [0.1, 0.15) is 63.1 Å². The van der Waals surface area contributed by atoms with E-state index in [9.17, 15) is 13.2 Å². The molecule has 0 aliphatic carbocycles. The smallest absolute Gasteiger partial charge is 0.243 e. The third-order valence-corrected chi connectivity index (χ3v) is 9.10. The lowest BCUT2D eigenvalue weighted by atomic mass is 9.83. The van der Waals surface area contributed by atoms with Gasteiger partial charge in [-0.15, -0.1) is 0 Å². The molecule has 0 bridgehead atoms. The quantitative estimate of drug-likeness (QED) is 0.670. The van der Waals surface area contributed by atoms with Crippen LogP contribution in [0.25, 0.3) is 0 Å². The van der Waals surface area contributed by atoms with Crippen molar-refractivity contribution in [2.75, 3.05) is 13.1 Å². The Morgan fingerprint density at radius 2 is 1.82 bits per heavy atom. The van der Waals surface area contributed by atoms with Gasteiger partial charge in [-0.2, -0.15) is 4.31 Å². The number of aryl methyl sites for hydroxylation is 1. The van der Waals surface area contributed by atoms with Gasteiger partial charge in [-0.3, -0.25) is 4.79 Å². The minimum Gasteiger partial charge on any atom is -0.487 e. The molecule has 0 radical (unpaired) electrons. The van der Waals surface area contributed by atoms with E-state index < -0.39 is 10.0 Å². The molecule has 1 saturated heterocycles. The number of hydrogen-bond acceptors (Lipinski definition) is 4. The number of hydrogen-bond donors (Lipinski definition) is 1. The first-order valence-corrected chi connectivity index (χ1v) is 13.4. The molecule has 1 amide bonds. The maximum absolute atomic E-state index is 13.3. The maximum Gasteiger partial charge on any atom is 0.243 e. The molecule has 0 aromatic heterocycles. The molecule has 0 saturated carbocycles. The van der Waals surface area contributed by atoms with Crippen LogP contribution in [0, 0.1) is 12.8 Å². The van der Waals surface area contributed by atoms with Crippen LogP contribution in [-0.2, 0) is 14.8 Å². The molecule has 2 heterocycles. The predicted octanol–water partition coefficient (Wildman–Crippen LogP) is 4.59. The van der Waals surface area contributed by atoms with Gasteiger partial charge in [0.2, 0.25) is 15.9 Å². The molecule has 2 atom stereocenters. The Morgan fingerprint density at radius 1 is 1.12 bits per heavy atom. The number of amides is 1. The average molecular weight is 471 g/mol. The topological polar surface area (TPSA) is 75.7 Å². The summed E-state index contributed by atoms with van der Waals surface area (Å²) < 4.78 is 34.1. The van der Waals surface area contributed by atoms with Gasteiger partial charge in [0.25, 0.3) is 0 Å². The molecule has 33 heavy (non-hydrogen) atoms. The standard InChI is InChI=1S/C26H34N2O4S/c1-4-26(5-2)17-23(22-10-6-7-11-24(22)32-26)27-25(29)20-9-8-16-28(18-20)33(30,31)21-14-12-19(3)13-15-21/h6-7,10-15,20,23H,4-5,8-9,16-18H2,1-3H3,(H,27,29)/t20-,23+/m1/s1. The molecule has 0 spiro atoms. The highest BCUT2D eigenvalue weighted by Gasteiger charge is 2.40. The van der Waals surface area contributed by atoms with Crippen LogP contribution in [0.15, 0.2) is 53.4 Å². The lowest BCUT2D eigenvalue weighted by Crippen LogP contribution is -2.49. The number of piperidine rings is 1. The summed E-state index contributed by atoms with van der Waals surface area (Å²) >= 11 is 0. The molecule has 7 heteroatoms. The summed E-state index contributed by atoms with van der Waals surface area (Å²) in [6.45, 7) is 6.81. The van der Waals surface area contributed by atoms with Crippen LogP contribution in [-0.4, -0.2) is 37.3 Å². The molecule has 4 rings (SSSR count). The second-order valence-corrected chi connectivity index (χ2v) is 11.2. The lowest BCUT2D eigenvalue weighted by Gasteiger charge is -2.42. The molecular weight excluding hydrogens is 436 g/mol. The van der Waals surface area contributed by atoms with E-state index in [1.165, 1.54) is 4.31 Å². The van der Waals surface area contributed by atoms with Crippen molar-refractivity contribution in [2.45, 2.75) is 69.4 Å². The third-order valence-electron chi connectivity index (χ3n) is 7.22. The number of benzene rings is 2. The second kappa shape index (κ2) is 9.47. The van der Waals surface area contributed by atoms with Gasteiger partial charge in [-0.25, -0.2) is 8.42 Å². The van der Waals surface area contributed by atoms with Gasteiger partial charge in [-0.1, -0.05) is 49.7 Å². The minimum absolute atomic E-state index is 0.0818. The summed E-state index contributed by atoms with van der Waals surface area (Å²) in [5.41, 5.74) is 1.69. The Labute approximate surface area is 197 Å². The van der Waals surface area contributed by atoms with Crippen LogP contribution in [0.5, 0.6) is 5.75 Å². The summed E-state index contributed by atoms with van der Waals surface area (Å²) in [5, 5.41) is 3.25. The van der Waals surface area contributed by atoms with Crippen molar-refractivity contribution >= 4 is 15.9 Å². The first-order valence-electron chi connectivity index (χ1n) is 11.9. The number of nitrogens with one attached hydrogen (secondary N) is 1. The Balaban J connectivity index is 1.51. The summed E-state index contributed by atoms with van der Waals surface area (Å²) in [6.07, 6.45) is 3.78. The normalized spacial score (nSPS) is 22.8. The van der Waals surface area contributed by atoms with E-state index in [0.717, 1.165) is 29.7 Å². The van der Waals surface area contributed by atoms with Crippen molar-refractivity contribution in [3.05, 3.63) is 59.7 Å². The zero-order chi connectivity index (χ0) is 23.6. The average Bonchev–Trinajstić information content (AvgIpc) is 2.84. The number of carbonyl (C=O) groups is 1. The Morgan fingerprint density at radius 3 is 2.52 bits per heavy atom. The van der Waals surface area contributed by atoms with Gasteiger partial charge in [0.15, 0.2) is 0 Å². The van der Waals surface area contributed by atoms with Gasteiger partial charge in [0.1, 0.15) is 11.4 Å². The van der Waals surface area contributed by atoms with E-state index >= 15 is 0 Å². The van der Waals surface area contributed by atoms with Gasteiger partial charge in [0.05, 0.1) is 16.9 Å². The fourth-order valence-corrected chi connectivity index (χ4v) is 6.48. The van der Waals surface area contributed by atoms with E-state index in [0.29, 0.717) is 25.8 Å². The summed E-state index contributed by atoms with van der Waals surface area (Å²) in [6, 6.07) is 14.6. The summed E-state index contributed by atoms with van der Waals surface area (Å²) in [7, 11) is -3.62. The van der Waals surface area contributed by atoms with Gasteiger partial charge in [-0.05, 0) is 50.8 Å². The molecule has 1 fully saturated rings. The monoisotopic (exact) mass is 470 g/mol. The second-order valence-electron chi connectivity index (χ2n) is 9.31. The first kappa shape index (κ1) is 23.8. The highest BCUT2D eigenvalue weighted by molar-refractivity contribution is 7.89. The lowest BCUT2D eigenvalue weighted by molar-refractivity contribution is -0.127. The molecule has 2 aliphatic heterocycles. The predicted molar refractivity (Wildman–Crippen MR) is 129 cm³/mol. The number of para-hydroxylation sites is 1. The van der Waals surface area contributed by atoms with Gasteiger partial charge in [0, 0.05) is 25.1 Å². The first-order chi connectivity index (χ1) is 15.8. The number of ether oxygens (including phenoxy) is 1. The van der Waals surface area contributed by atoms with E-state index in [4.69, 9.17) is 4.74 Å². The molecule has 2 aromatic rings. The van der Waals surface area contributed by atoms with E-state index in [-0.39, 0.29) is 34.9 Å². The van der Waals surface area contributed by atoms with Crippen molar-refractivity contribution in [3.8, 4) is 5.75 Å². The Bertz CT molecular complexity index is 1090. The largest absolute Gasteiger partial charge is 0.487 e. The molecule has 6 nitrogen and oxygen atoms in total. The van der Waals surface area contributed by atoms with Crippen LogP contribution in [0.4, 0.5) is 0 Å². The summed E-state index contributed by atoms with van der Waals surface area (Å²) in [4.78, 5) is 13.6. The number of rotatable bonds is 6. The van der Waals surface area contributed by atoms with E-state index in [1.807, 2.05) is 31.2 Å². The Kier molecular flexibility index (Phi) is 6.82. The fourth-order valence-electron chi connectivity index (χ4n) is 4.95. The number of sulfonamides is 1. The van der Waals surface area contributed by atoms with Crippen LogP contribution < -0.4 is 10.1 Å². The van der Waals surface area contributed by atoms with Crippen molar-refractivity contribution < 1.29 is 17.9 Å². The third kappa shape index (κ3) is 4.80. The molecule has 1 N–H and O–H groups in total. The van der Waals surface area contributed by atoms with E-state index in [1.54, 1.807) is 24.3 Å². The van der Waals surface area contributed by atoms with Crippen molar-refractivity contribution in [2.24, 2.45) is 5.92 Å². The fraction of sp³-hybridized carbons (Fsp3) is 0.500. The van der Waals surface area contributed by atoms with Crippen molar-refractivity contribution in [1.29, 1.82) is 0 Å². The van der Waals surface area contributed by atoms with Crippen molar-refractivity contribution in [3.63, 3.8) is 0 Å². The van der Waals surface area contributed by atoms with Gasteiger partial charge < -0.3 is 10.1 Å². The van der Waals surface area contributed by atoms with Crippen molar-refractivity contribution in [1.82, 2.24) is 9.62 Å². The maximum atomic E-state index is 13.3. The summed E-state index contributed by atoms with van der Waals surface area (Å²) in [5.74, 6) is 0.373. The molecule has 0 unspecified atom stereocenters. The number of nitrogens with zero attached hydrogens (tertiary/aromatic N) is 1. The zero-order valence-corrected chi connectivity index (χ0v) is 20.5. The van der Waals surface area contributed by atoms with Crippen LogP contribution >= 0.6 is 0 Å².